The van der Waals surface area contributed by atoms with Crippen LogP contribution in [0.1, 0.15) is 18.9 Å². The van der Waals surface area contributed by atoms with Crippen LogP contribution in [0.5, 0.6) is 5.75 Å². The predicted molar refractivity (Wildman–Crippen MR) is 77.5 cm³/mol. The summed E-state index contributed by atoms with van der Waals surface area (Å²) in [4.78, 5) is 8.45. The van der Waals surface area contributed by atoms with Crippen molar-refractivity contribution in [2.75, 3.05) is 19.0 Å². The Kier molecular flexibility index (Phi) is 4.50. The number of nitrogens with zero attached hydrogens (tertiary/aromatic N) is 2. The van der Waals surface area contributed by atoms with Crippen molar-refractivity contribution in [1.29, 1.82) is 0 Å². The Bertz CT molecular complexity index is 602. The molecule has 0 spiro atoms. The van der Waals surface area contributed by atoms with E-state index in [9.17, 15) is 4.39 Å². The third-order valence-electron chi connectivity index (χ3n) is 2.98. The predicted octanol–water partition coefficient (Wildman–Crippen LogP) is 3.42. The van der Waals surface area contributed by atoms with Gasteiger partial charge in [-0.25, -0.2) is 14.4 Å². The molecule has 1 heterocycles. The van der Waals surface area contributed by atoms with Gasteiger partial charge in [0.1, 0.15) is 17.8 Å². The second-order valence-electron chi connectivity index (χ2n) is 4.49. The highest BCUT2D eigenvalue weighted by Crippen LogP contribution is 2.33. The van der Waals surface area contributed by atoms with E-state index in [4.69, 9.17) is 4.74 Å². The minimum absolute atomic E-state index is 0.230. The number of rotatable bonds is 5. The van der Waals surface area contributed by atoms with Crippen molar-refractivity contribution in [3.63, 3.8) is 0 Å². The van der Waals surface area contributed by atoms with Gasteiger partial charge in [-0.05, 0) is 37.1 Å². The van der Waals surface area contributed by atoms with Crippen LogP contribution in [0.2, 0.25) is 0 Å². The fourth-order valence-corrected chi connectivity index (χ4v) is 1.93. The standard InChI is InChI=1S/C15H18FN3O/c1-4-7-17-15-14(20-3)13(18-9-19-15)11-5-6-12(16)10(2)8-11/h5-6,8-9H,4,7H2,1-3H3,(H,17,18,19). The highest BCUT2D eigenvalue weighted by atomic mass is 19.1. The molecule has 1 aromatic heterocycles. The average molecular weight is 275 g/mol. The van der Waals surface area contributed by atoms with Crippen molar-refractivity contribution in [1.82, 2.24) is 9.97 Å². The molecule has 1 aromatic carbocycles. The van der Waals surface area contributed by atoms with Crippen LogP contribution >= 0.6 is 0 Å². The maximum atomic E-state index is 13.4. The van der Waals surface area contributed by atoms with Crippen LogP contribution in [0.3, 0.4) is 0 Å². The van der Waals surface area contributed by atoms with Crippen LogP contribution in [0.15, 0.2) is 24.5 Å². The lowest BCUT2D eigenvalue weighted by Crippen LogP contribution is -2.06. The van der Waals surface area contributed by atoms with E-state index >= 15 is 0 Å². The van der Waals surface area contributed by atoms with Gasteiger partial charge in [-0.15, -0.1) is 0 Å². The van der Waals surface area contributed by atoms with Gasteiger partial charge < -0.3 is 10.1 Å². The summed E-state index contributed by atoms with van der Waals surface area (Å²) in [5.41, 5.74) is 2.04. The molecule has 0 atom stereocenters. The van der Waals surface area contributed by atoms with Gasteiger partial charge in [0, 0.05) is 12.1 Å². The molecule has 2 aromatic rings. The summed E-state index contributed by atoms with van der Waals surface area (Å²) in [6.07, 6.45) is 2.46. The van der Waals surface area contributed by atoms with E-state index in [1.165, 1.54) is 12.4 Å². The van der Waals surface area contributed by atoms with E-state index in [0.717, 1.165) is 18.5 Å². The van der Waals surface area contributed by atoms with Crippen LogP contribution in [-0.2, 0) is 0 Å². The molecule has 0 bridgehead atoms. The van der Waals surface area contributed by atoms with Crippen LogP contribution in [0.4, 0.5) is 10.2 Å². The van der Waals surface area contributed by atoms with Crippen molar-refractivity contribution in [3.05, 3.63) is 35.9 Å². The lowest BCUT2D eigenvalue weighted by molar-refractivity contribution is 0.414. The fraction of sp³-hybridized carbons (Fsp3) is 0.333. The van der Waals surface area contributed by atoms with Gasteiger partial charge in [0.15, 0.2) is 11.6 Å². The lowest BCUT2D eigenvalue weighted by Gasteiger charge is -2.13. The first-order valence-electron chi connectivity index (χ1n) is 6.56. The van der Waals surface area contributed by atoms with Crippen molar-refractivity contribution in [3.8, 4) is 17.0 Å². The Morgan fingerprint density at radius 1 is 1.30 bits per heavy atom. The molecular formula is C15H18FN3O. The van der Waals surface area contributed by atoms with Gasteiger partial charge in [0.05, 0.1) is 7.11 Å². The number of anilines is 1. The van der Waals surface area contributed by atoms with Gasteiger partial charge in [-0.3, -0.25) is 0 Å². The van der Waals surface area contributed by atoms with E-state index in [1.807, 2.05) is 0 Å². The Labute approximate surface area is 118 Å². The third-order valence-corrected chi connectivity index (χ3v) is 2.98. The summed E-state index contributed by atoms with van der Waals surface area (Å²) < 4.78 is 18.8. The summed E-state index contributed by atoms with van der Waals surface area (Å²) in [7, 11) is 1.58. The summed E-state index contributed by atoms with van der Waals surface area (Å²) in [5, 5.41) is 3.20. The zero-order valence-corrected chi connectivity index (χ0v) is 11.9. The van der Waals surface area contributed by atoms with Crippen molar-refractivity contribution >= 4 is 5.82 Å². The van der Waals surface area contributed by atoms with Gasteiger partial charge in [0.25, 0.3) is 0 Å². The maximum absolute atomic E-state index is 13.4. The van der Waals surface area contributed by atoms with Gasteiger partial charge >= 0.3 is 0 Å². The number of ether oxygens (including phenoxy) is 1. The molecular weight excluding hydrogens is 257 g/mol. The second-order valence-corrected chi connectivity index (χ2v) is 4.49. The molecule has 0 unspecified atom stereocenters. The largest absolute Gasteiger partial charge is 0.491 e. The summed E-state index contributed by atoms with van der Waals surface area (Å²) in [6.45, 7) is 4.60. The van der Waals surface area contributed by atoms with Crippen LogP contribution in [0.25, 0.3) is 11.3 Å². The Morgan fingerprint density at radius 3 is 2.75 bits per heavy atom. The number of aryl methyl sites for hydroxylation is 1. The minimum Gasteiger partial charge on any atom is -0.491 e. The van der Waals surface area contributed by atoms with Crippen LogP contribution in [0, 0.1) is 12.7 Å². The number of hydrogen-bond donors (Lipinski definition) is 1. The van der Waals surface area contributed by atoms with Gasteiger partial charge in [-0.1, -0.05) is 6.92 Å². The quantitative estimate of drug-likeness (QED) is 0.908. The monoisotopic (exact) mass is 275 g/mol. The lowest BCUT2D eigenvalue weighted by atomic mass is 10.1. The molecule has 0 amide bonds. The third kappa shape index (κ3) is 2.87. The topological polar surface area (TPSA) is 47.0 Å². The summed E-state index contributed by atoms with van der Waals surface area (Å²) in [6, 6.07) is 4.88. The number of benzene rings is 1. The number of aromatic nitrogens is 2. The number of nitrogens with one attached hydrogen (secondary N) is 1. The number of hydrogen-bond acceptors (Lipinski definition) is 4. The number of methoxy groups -OCH3 is 1. The second kappa shape index (κ2) is 6.32. The Balaban J connectivity index is 2.47. The molecule has 4 nitrogen and oxygen atoms in total. The van der Waals surface area contributed by atoms with E-state index < -0.39 is 0 Å². The first-order chi connectivity index (χ1) is 9.67. The van der Waals surface area contributed by atoms with E-state index in [0.29, 0.717) is 22.8 Å². The Hall–Kier alpha value is -2.17. The first-order valence-corrected chi connectivity index (χ1v) is 6.56. The molecule has 106 valence electrons. The smallest absolute Gasteiger partial charge is 0.187 e. The van der Waals surface area contributed by atoms with Gasteiger partial charge in [0.2, 0.25) is 0 Å². The molecule has 0 saturated carbocycles. The molecule has 1 N–H and O–H groups in total. The fourth-order valence-electron chi connectivity index (χ4n) is 1.93. The molecule has 0 aliphatic heterocycles. The molecule has 2 rings (SSSR count). The average Bonchev–Trinajstić information content (AvgIpc) is 2.47. The molecule has 5 heteroatoms. The minimum atomic E-state index is -0.230. The first kappa shape index (κ1) is 14.2. The molecule has 0 saturated heterocycles. The van der Waals surface area contributed by atoms with Gasteiger partial charge in [-0.2, -0.15) is 0 Å². The number of halogens is 1. The van der Waals surface area contributed by atoms with E-state index in [2.05, 4.69) is 22.2 Å². The normalized spacial score (nSPS) is 10.4. The van der Waals surface area contributed by atoms with Crippen molar-refractivity contribution in [2.45, 2.75) is 20.3 Å². The maximum Gasteiger partial charge on any atom is 0.187 e. The highest BCUT2D eigenvalue weighted by Gasteiger charge is 2.14. The SMILES string of the molecule is CCCNc1ncnc(-c2ccc(F)c(C)c2)c1OC. The molecule has 0 aliphatic rings. The molecule has 20 heavy (non-hydrogen) atoms. The van der Waals surface area contributed by atoms with Crippen molar-refractivity contribution in [2.24, 2.45) is 0 Å². The zero-order chi connectivity index (χ0) is 14.5. The summed E-state index contributed by atoms with van der Waals surface area (Å²) in [5.74, 6) is 0.999. The van der Waals surface area contributed by atoms with E-state index in [1.54, 1.807) is 26.2 Å². The highest BCUT2D eigenvalue weighted by molar-refractivity contribution is 5.72. The van der Waals surface area contributed by atoms with Crippen molar-refractivity contribution < 1.29 is 9.13 Å². The zero-order valence-electron chi connectivity index (χ0n) is 11.9. The van der Waals surface area contributed by atoms with Crippen LogP contribution < -0.4 is 10.1 Å². The molecule has 0 fully saturated rings. The Morgan fingerprint density at radius 2 is 2.10 bits per heavy atom. The molecule has 0 aliphatic carbocycles. The van der Waals surface area contributed by atoms with Crippen LogP contribution in [-0.4, -0.2) is 23.6 Å². The molecule has 0 radical (unpaired) electrons. The summed E-state index contributed by atoms with van der Waals surface area (Å²) >= 11 is 0. The van der Waals surface area contributed by atoms with E-state index in [-0.39, 0.29) is 5.82 Å².